The molecule has 0 radical (unpaired) electrons. The van der Waals surface area contributed by atoms with Crippen molar-refractivity contribution in [3.63, 3.8) is 0 Å². The Bertz CT molecular complexity index is 109. The predicted molar refractivity (Wildman–Crippen MR) is 58.3 cm³/mol. The van der Waals surface area contributed by atoms with E-state index >= 15 is 0 Å². The second kappa shape index (κ2) is 6.94. The zero-order valence-corrected chi connectivity index (χ0v) is 10.5. The predicted octanol–water partition coefficient (Wildman–Crippen LogP) is 1.99. The lowest BCUT2D eigenvalue weighted by Gasteiger charge is -2.23. The molecule has 0 N–H and O–H groups in total. The van der Waals surface area contributed by atoms with Gasteiger partial charge < -0.3 is 8.85 Å². The van der Waals surface area contributed by atoms with Crippen molar-refractivity contribution >= 4 is 21.9 Å². The third-order valence-corrected chi connectivity index (χ3v) is 5.39. The molecular weight excluding hydrogens is 188 g/mol. The molecule has 0 aliphatic rings. The van der Waals surface area contributed by atoms with Gasteiger partial charge >= 0.3 is 9.28 Å². The molecule has 0 aliphatic heterocycles. The van der Waals surface area contributed by atoms with Gasteiger partial charge in [0.15, 0.2) is 0 Å². The van der Waals surface area contributed by atoms with Gasteiger partial charge in [-0.3, -0.25) is 0 Å². The fourth-order valence-corrected chi connectivity index (χ4v) is 3.55. The third kappa shape index (κ3) is 3.94. The highest BCUT2D eigenvalue weighted by Gasteiger charge is 2.25. The highest BCUT2D eigenvalue weighted by Crippen LogP contribution is 2.24. The Morgan fingerprint density at radius 2 is 1.83 bits per heavy atom. The van der Waals surface area contributed by atoms with Crippen LogP contribution in [0.1, 0.15) is 26.7 Å². The molecule has 2 nitrogen and oxygen atoms in total. The van der Waals surface area contributed by atoms with Gasteiger partial charge in [0.05, 0.1) is 0 Å². The molecule has 0 aromatic rings. The van der Waals surface area contributed by atoms with E-state index in [1.807, 2.05) is 0 Å². The number of hydrogen-bond acceptors (Lipinski definition) is 3. The van der Waals surface area contributed by atoms with Gasteiger partial charge in [0.25, 0.3) is 0 Å². The van der Waals surface area contributed by atoms with Gasteiger partial charge in [0.1, 0.15) is 0 Å². The maximum atomic E-state index is 5.30. The molecule has 0 fully saturated rings. The van der Waals surface area contributed by atoms with E-state index in [1.54, 1.807) is 14.2 Å². The van der Waals surface area contributed by atoms with Crippen molar-refractivity contribution < 1.29 is 8.85 Å². The second-order valence-corrected chi connectivity index (χ2v) is 6.45. The van der Waals surface area contributed by atoms with Crippen molar-refractivity contribution in [3.05, 3.63) is 0 Å². The van der Waals surface area contributed by atoms with Crippen LogP contribution >= 0.6 is 12.6 Å². The van der Waals surface area contributed by atoms with Gasteiger partial charge in [-0.25, -0.2) is 0 Å². The summed E-state index contributed by atoms with van der Waals surface area (Å²) in [6.45, 7) is 4.34. The monoisotopic (exact) mass is 208 g/mol. The van der Waals surface area contributed by atoms with E-state index in [1.165, 1.54) is 6.42 Å². The van der Waals surface area contributed by atoms with E-state index in [0.29, 0.717) is 10.8 Å². The molecule has 0 aromatic heterocycles. The van der Waals surface area contributed by atoms with E-state index in [9.17, 15) is 0 Å². The summed E-state index contributed by atoms with van der Waals surface area (Å²) >= 11 is 4.53. The first-order valence-corrected chi connectivity index (χ1v) is 6.53. The van der Waals surface area contributed by atoms with Crippen molar-refractivity contribution in [2.45, 2.75) is 37.5 Å². The second-order valence-electron chi connectivity index (χ2n) is 3.05. The van der Waals surface area contributed by atoms with Crippen LogP contribution in [0.3, 0.4) is 0 Å². The minimum absolute atomic E-state index is 0.423. The van der Waals surface area contributed by atoms with E-state index in [-0.39, 0.29) is 0 Å². The highest BCUT2D eigenvalue weighted by atomic mass is 32.1. The van der Waals surface area contributed by atoms with Crippen molar-refractivity contribution in [3.8, 4) is 0 Å². The first-order valence-electron chi connectivity index (χ1n) is 4.41. The molecule has 0 rings (SSSR count). The summed E-state index contributed by atoms with van der Waals surface area (Å²) in [6.07, 6.45) is 2.31. The van der Waals surface area contributed by atoms with E-state index in [4.69, 9.17) is 8.85 Å². The molecule has 0 saturated heterocycles. The molecule has 0 saturated carbocycles. The van der Waals surface area contributed by atoms with Crippen LogP contribution in [0.2, 0.25) is 5.54 Å². The molecule has 74 valence electrons. The molecule has 2 unspecified atom stereocenters. The zero-order valence-electron chi connectivity index (χ0n) is 8.41. The van der Waals surface area contributed by atoms with Crippen LogP contribution in [0.25, 0.3) is 0 Å². The SMILES string of the molecule is CCCC(S)C(C)[SiH](OC)OC. The Hall–Kier alpha value is 0.487. The fourth-order valence-electron chi connectivity index (χ4n) is 1.27. The van der Waals surface area contributed by atoms with Crippen molar-refractivity contribution in [2.24, 2.45) is 0 Å². The van der Waals surface area contributed by atoms with Crippen LogP contribution < -0.4 is 0 Å². The van der Waals surface area contributed by atoms with Crippen LogP contribution in [0.4, 0.5) is 0 Å². The smallest absolute Gasteiger partial charge is 0.324 e. The van der Waals surface area contributed by atoms with Gasteiger partial charge in [-0.15, -0.1) is 0 Å². The number of hydrogen-bond donors (Lipinski definition) is 1. The molecule has 0 spiro atoms. The Kier molecular flexibility index (Phi) is 7.23. The van der Waals surface area contributed by atoms with Crippen LogP contribution in [0.15, 0.2) is 0 Å². The van der Waals surface area contributed by atoms with E-state index < -0.39 is 9.28 Å². The minimum Gasteiger partial charge on any atom is -0.400 e. The third-order valence-electron chi connectivity index (χ3n) is 2.09. The Labute approximate surface area is 82.9 Å². The molecule has 0 aliphatic carbocycles. The molecule has 2 atom stereocenters. The van der Waals surface area contributed by atoms with Crippen molar-refractivity contribution in [1.82, 2.24) is 0 Å². The topological polar surface area (TPSA) is 18.5 Å². The maximum absolute atomic E-state index is 5.30. The summed E-state index contributed by atoms with van der Waals surface area (Å²) in [6, 6.07) is 0. The number of rotatable bonds is 6. The molecule has 4 heteroatoms. The van der Waals surface area contributed by atoms with Gasteiger partial charge in [0, 0.05) is 25.0 Å². The lowest BCUT2D eigenvalue weighted by atomic mass is 10.2. The van der Waals surface area contributed by atoms with E-state index in [0.717, 1.165) is 6.42 Å². The molecule has 0 heterocycles. The summed E-state index contributed by atoms with van der Waals surface area (Å²) in [5, 5.41) is 0.423. The molecule has 0 aromatic carbocycles. The number of thiol groups is 1. The van der Waals surface area contributed by atoms with Crippen LogP contribution in [-0.2, 0) is 8.85 Å². The standard InChI is InChI=1S/C8H20O2SSi/c1-5-6-8(11)7(2)12(9-3)10-4/h7-8,11-12H,5-6H2,1-4H3. The van der Waals surface area contributed by atoms with Crippen LogP contribution in [-0.4, -0.2) is 28.8 Å². The minimum atomic E-state index is -1.45. The Morgan fingerprint density at radius 1 is 1.33 bits per heavy atom. The summed E-state index contributed by atoms with van der Waals surface area (Å²) in [7, 11) is 2.00. The van der Waals surface area contributed by atoms with Crippen LogP contribution in [0, 0.1) is 0 Å². The zero-order chi connectivity index (χ0) is 9.56. The van der Waals surface area contributed by atoms with Crippen molar-refractivity contribution in [1.29, 1.82) is 0 Å². The summed E-state index contributed by atoms with van der Waals surface area (Å²) in [5.74, 6) is 0. The largest absolute Gasteiger partial charge is 0.400 e. The molecule has 0 bridgehead atoms. The van der Waals surface area contributed by atoms with E-state index in [2.05, 4.69) is 26.5 Å². The maximum Gasteiger partial charge on any atom is 0.324 e. The summed E-state index contributed by atoms with van der Waals surface area (Å²) in [5.41, 5.74) is 0.475. The Morgan fingerprint density at radius 3 is 2.17 bits per heavy atom. The normalized spacial score (nSPS) is 16.5. The average molecular weight is 208 g/mol. The fraction of sp³-hybridized carbons (Fsp3) is 1.00. The quantitative estimate of drug-likeness (QED) is 0.531. The molecule has 0 amide bonds. The first kappa shape index (κ1) is 12.5. The van der Waals surface area contributed by atoms with Crippen LogP contribution in [0.5, 0.6) is 0 Å². The summed E-state index contributed by atoms with van der Waals surface area (Å²) < 4.78 is 10.6. The van der Waals surface area contributed by atoms with Gasteiger partial charge in [-0.05, 0) is 6.42 Å². The Balaban J connectivity index is 3.87. The molecular formula is C8H20O2SSi. The summed E-state index contributed by atoms with van der Waals surface area (Å²) in [4.78, 5) is 0. The molecule has 12 heavy (non-hydrogen) atoms. The first-order chi connectivity index (χ1) is 5.67. The van der Waals surface area contributed by atoms with Gasteiger partial charge in [0.2, 0.25) is 0 Å². The average Bonchev–Trinajstić information content (AvgIpc) is 2.07. The van der Waals surface area contributed by atoms with Crippen molar-refractivity contribution in [2.75, 3.05) is 14.2 Å². The highest BCUT2D eigenvalue weighted by molar-refractivity contribution is 7.81. The van der Waals surface area contributed by atoms with Gasteiger partial charge in [-0.2, -0.15) is 12.6 Å². The van der Waals surface area contributed by atoms with Gasteiger partial charge in [-0.1, -0.05) is 20.3 Å². The lowest BCUT2D eigenvalue weighted by molar-refractivity contribution is 0.265. The lowest BCUT2D eigenvalue weighted by Crippen LogP contribution is -2.30.